The van der Waals surface area contributed by atoms with Crippen molar-refractivity contribution in [1.82, 2.24) is 29.6 Å². The first-order chi connectivity index (χ1) is 17.8. The molecular weight excluding hydrogens is 500 g/mol. The number of benzene rings is 1. The lowest BCUT2D eigenvalue weighted by molar-refractivity contribution is -0.179. The monoisotopic (exact) mass is 527 g/mol. The number of rotatable bonds is 5. The Balaban J connectivity index is 1.12. The maximum absolute atomic E-state index is 14.9. The molecule has 1 saturated carbocycles. The molecule has 37 heavy (non-hydrogen) atoms. The number of halogens is 3. The van der Waals surface area contributed by atoms with Gasteiger partial charge in [0.1, 0.15) is 11.6 Å². The fourth-order valence-corrected chi connectivity index (χ4v) is 6.52. The van der Waals surface area contributed by atoms with E-state index < -0.39 is 11.8 Å². The molecule has 2 saturated heterocycles. The summed E-state index contributed by atoms with van der Waals surface area (Å²) in [6, 6.07) is 5.69. The van der Waals surface area contributed by atoms with Crippen LogP contribution in [0.15, 0.2) is 30.6 Å². The van der Waals surface area contributed by atoms with Gasteiger partial charge in [0, 0.05) is 42.2 Å². The van der Waals surface area contributed by atoms with Crippen molar-refractivity contribution in [3.8, 4) is 5.69 Å². The minimum Gasteiger partial charge on any atom is -0.380 e. The van der Waals surface area contributed by atoms with Crippen molar-refractivity contribution in [2.75, 3.05) is 37.7 Å². The zero-order chi connectivity index (χ0) is 25.4. The number of hydrogen-bond donors (Lipinski definition) is 0. The molecular formula is C26H28ClF2N7O. The maximum atomic E-state index is 14.9. The average molecular weight is 528 g/mol. The molecule has 11 heteroatoms. The number of aromatic nitrogens is 5. The summed E-state index contributed by atoms with van der Waals surface area (Å²) in [7, 11) is 0. The lowest BCUT2D eigenvalue weighted by Crippen LogP contribution is -2.62. The molecule has 0 bridgehead atoms. The largest absolute Gasteiger partial charge is 0.380 e. The van der Waals surface area contributed by atoms with Gasteiger partial charge in [0.05, 0.1) is 49.8 Å². The van der Waals surface area contributed by atoms with Crippen LogP contribution in [0.5, 0.6) is 0 Å². The summed E-state index contributed by atoms with van der Waals surface area (Å²) in [5.74, 6) is -0.742. The number of ether oxygens (including phenoxy) is 1. The van der Waals surface area contributed by atoms with Crippen molar-refractivity contribution in [3.63, 3.8) is 0 Å². The molecule has 7 rings (SSSR count). The number of fused-ring (bicyclic) bond motifs is 3. The van der Waals surface area contributed by atoms with Gasteiger partial charge in [0.2, 0.25) is 0 Å². The van der Waals surface area contributed by atoms with Crippen LogP contribution in [0.1, 0.15) is 41.7 Å². The predicted molar refractivity (Wildman–Crippen MR) is 133 cm³/mol. The number of anilines is 1. The molecule has 0 N–H and O–H groups in total. The second-order valence-electron chi connectivity index (χ2n) is 11.2. The van der Waals surface area contributed by atoms with Crippen molar-refractivity contribution in [2.45, 2.75) is 44.7 Å². The molecule has 0 atom stereocenters. The fourth-order valence-electron chi connectivity index (χ4n) is 6.33. The highest BCUT2D eigenvalue weighted by Crippen LogP contribution is 2.56. The molecule has 1 aliphatic carbocycles. The molecule has 4 aliphatic rings. The van der Waals surface area contributed by atoms with Crippen LogP contribution in [0.25, 0.3) is 5.69 Å². The topological polar surface area (TPSA) is 72.2 Å². The number of hydrogen-bond acceptors (Lipinski definition) is 7. The molecule has 0 radical (unpaired) electrons. The summed E-state index contributed by atoms with van der Waals surface area (Å²) in [5.41, 5.74) is 3.02. The molecule has 1 aromatic carbocycles. The summed E-state index contributed by atoms with van der Waals surface area (Å²) < 4.78 is 37.0. The molecule has 3 aromatic rings. The summed E-state index contributed by atoms with van der Waals surface area (Å²) in [6.45, 7) is 4.44. The highest BCUT2D eigenvalue weighted by atomic mass is 35.5. The molecule has 3 aliphatic heterocycles. The summed E-state index contributed by atoms with van der Waals surface area (Å²) in [4.78, 5) is 12.9. The Hall–Kier alpha value is -2.69. The fraction of sp³-hybridized carbons (Fsp3) is 0.538. The van der Waals surface area contributed by atoms with E-state index in [-0.39, 0.29) is 31.1 Å². The number of nitrogens with zero attached hydrogens (tertiary/aromatic N) is 7. The smallest absolute Gasteiger partial charge is 0.267 e. The van der Waals surface area contributed by atoms with Crippen molar-refractivity contribution < 1.29 is 13.5 Å². The first-order valence-corrected chi connectivity index (χ1v) is 13.1. The summed E-state index contributed by atoms with van der Waals surface area (Å²) >= 11 is 6.33. The summed E-state index contributed by atoms with van der Waals surface area (Å²) in [6.07, 6.45) is 5.63. The van der Waals surface area contributed by atoms with Crippen molar-refractivity contribution in [1.29, 1.82) is 0 Å². The standard InChI is InChI=1S/C26H28ClF2N7O/c1-16-7-30-8-22(31-16)35-13-25(14-35)5-18(6-25)24-33-32-23-10-34(15-26(28,29)19-11-37-12-19)9-17-4-20(27)2-3-21(17)36(23)24/h2-4,7-8,18-19H,5-6,9-15H2,1H3. The normalized spacial score (nSPS) is 21.6. The minimum absolute atomic E-state index is 0.112. The number of aryl methyl sites for hydroxylation is 1. The van der Waals surface area contributed by atoms with E-state index in [2.05, 4.69) is 29.6 Å². The Morgan fingerprint density at radius 3 is 2.68 bits per heavy atom. The van der Waals surface area contributed by atoms with Crippen LogP contribution in [0, 0.1) is 18.3 Å². The van der Waals surface area contributed by atoms with Crippen LogP contribution < -0.4 is 4.90 Å². The van der Waals surface area contributed by atoms with E-state index in [0.29, 0.717) is 23.9 Å². The van der Waals surface area contributed by atoms with Gasteiger partial charge in [-0.25, -0.2) is 13.8 Å². The zero-order valence-electron chi connectivity index (χ0n) is 20.6. The number of alkyl halides is 2. The van der Waals surface area contributed by atoms with Crippen molar-refractivity contribution in [2.24, 2.45) is 11.3 Å². The molecule has 3 fully saturated rings. The molecule has 2 aromatic heterocycles. The Morgan fingerprint density at radius 1 is 1.14 bits per heavy atom. The van der Waals surface area contributed by atoms with E-state index in [1.54, 1.807) is 11.1 Å². The van der Waals surface area contributed by atoms with Gasteiger partial charge in [-0.3, -0.25) is 14.5 Å². The Kier molecular flexibility index (Phi) is 5.32. The van der Waals surface area contributed by atoms with Crippen LogP contribution in [0.4, 0.5) is 14.6 Å². The molecule has 1 spiro atoms. The highest BCUT2D eigenvalue weighted by Gasteiger charge is 2.54. The van der Waals surface area contributed by atoms with Gasteiger partial charge in [-0.1, -0.05) is 11.6 Å². The van der Waals surface area contributed by atoms with Crippen LogP contribution >= 0.6 is 11.6 Å². The van der Waals surface area contributed by atoms with Crippen LogP contribution in [0.2, 0.25) is 5.02 Å². The van der Waals surface area contributed by atoms with E-state index in [1.807, 2.05) is 31.3 Å². The molecule has 8 nitrogen and oxygen atoms in total. The Morgan fingerprint density at radius 2 is 1.95 bits per heavy atom. The van der Waals surface area contributed by atoms with E-state index in [4.69, 9.17) is 16.3 Å². The quantitative estimate of drug-likeness (QED) is 0.496. The second-order valence-corrected chi connectivity index (χ2v) is 11.6. The molecule has 5 heterocycles. The first-order valence-electron chi connectivity index (χ1n) is 12.7. The molecule has 0 amide bonds. The van der Waals surface area contributed by atoms with Gasteiger partial charge in [-0.2, -0.15) is 0 Å². The average Bonchev–Trinajstić information content (AvgIpc) is 3.06. The van der Waals surface area contributed by atoms with E-state index in [0.717, 1.165) is 54.5 Å². The Labute approximate surface area is 218 Å². The van der Waals surface area contributed by atoms with Crippen LogP contribution in [0.3, 0.4) is 0 Å². The van der Waals surface area contributed by atoms with Gasteiger partial charge < -0.3 is 9.64 Å². The third-order valence-corrected chi connectivity index (χ3v) is 8.54. The lowest BCUT2D eigenvalue weighted by atomic mass is 9.57. The van der Waals surface area contributed by atoms with Gasteiger partial charge in [-0.05, 0) is 43.5 Å². The van der Waals surface area contributed by atoms with Gasteiger partial charge in [-0.15, -0.1) is 10.2 Å². The molecule has 0 unspecified atom stereocenters. The van der Waals surface area contributed by atoms with Gasteiger partial charge in [0.25, 0.3) is 5.92 Å². The molecule has 194 valence electrons. The maximum Gasteiger partial charge on any atom is 0.267 e. The van der Waals surface area contributed by atoms with Gasteiger partial charge >= 0.3 is 0 Å². The van der Waals surface area contributed by atoms with E-state index >= 15 is 0 Å². The van der Waals surface area contributed by atoms with E-state index in [9.17, 15) is 8.78 Å². The highest BCUT2D eigenvalue weighted by molar-refractivity contribution is 6.30. The third kappa shape index (κ3) is 4.00. The van der Waals surface area contributed by atoms with Gasteiger partial charge in [0.15, 0.2) is 5.82 Å². The lowest BCUT2D eigenvalue weighted by Gasteiger charge is -2.59. The Bertz CT molecular complexity index is 1350. The zero-order valence-corrected chi connectivity index (χ0v) is 21.3. The van der Waals surface area contributed by atoms with Crippen molar-refractivity contribution >= 4 is 17.4 Å². The van der Waals surface area contributed by atoms with Crippen LogP contribution in [-0.2, 0) is 17.8 Å². The van der Waals surface area contributed by atoms with E-state index in [1.165, 1.54) is 0 Å². The summed E-state index contributed by atoms with van der Waals surface area (Å²) in [5, 5.41) is 9.69. The predicted octanol–water partition coefficient (Wildman–Crippen LogP) is 4.00. The minimum atomic E-state index is -2.83. The third-order valence-electron chi connectivity index (χ3n) is 8.31. The second kappa shape index (κ2) is 8.41. The first kappa shape index (κ1) is 23.4. The SMILES string of the molecule is Cc1cncc(N2CC3(CC(c4nnc5n4-c4ccc(Cl)cc4CN(CC(F)(F)C4COC4)C5)C3)C2)n1. The van der Waals surface area contributed by atoms with Crippen molar-refractivity contribution in [3.05, 3.63) is 58.5 Å². The van der Waals surface area contributed by atoms with Crippen LogP contribution in [-0.4, -0.2) is 68.4 Å².